The van der Waals surface area contributed by atoms with Crippen LogP contribution in [0.25, 0.3) is 5.69 Å². The van der Waals surface area contributed by atoms with Crippen LogP contribution in [0.1, 0.15) is 35.4 Å². The fourth-order valence-corrected chi connectivity index (χ4v) is 2.84. The number of aliphatic carboxylic acids is 1. The van der Waals surface area contributed by atoms with Gasteiger partial charge in [0, 0.05) is 10.7 Å². The number of amides is 1. The molecule has 0 atom stereocenters. The number of rotatable bonds is 4. The number of carbonyl (C=O) groups excluding carboxylic acids is 1. The predicted octanol–water partition coefficient (Wildman–Crippen LogP) is 2.57. The number of aryl methyl sites for hydroxylation is 1. The number of hydrogen-bond acceptors (Lipinski definition) is 3. The molecule has 6 nitrogen and oxygen atoms in total. The van der Waals surface area contributed by atoms with E-state index in [1.807, 2.05) is 13.0 Å². The maximum Gasteiger partial charge on any atom is 0.329 e. The second-order valence-corrected chi connectivity index (χ2v) is 6.19. The summed E-state index contributed by atoms with van der Waals surface area (Å²) in [5, 5.41) is 16.7. The van der Waals surface area contributed by atoms with Gasteiger partial charge in [-0.25, -0.2) is 9.48 Å². The number of nitrogens with one attached hydrogen (secondary N) is 1. The van der Waals surface area contributed by atoms with Crippen molar-refractivity contribution in [3.05, 3.63) is 46.7 Å². The number of benzene rings is 1. The molecule has 0 spiro atoms. The first-order valence-corrected chi connectivity index (χ1v) is 7.68. The van der Waals surface area contributed by atoms with Gasteiger partial charge in [-0.1, -0.05) is 17.7 Å². The minimum atomic E-state index is -1.15. The molecule has 3 rings (SSSR count). The lowest BCUT2D eigenvalue weighted by Gasteiger charge is -2.37. The summed E-state index contributed by atoms with van der Waals surface area (Å²) in [6, 6.07) is 8.76. The lowest BCUT2D eigenvalue weighted by molar-refractivity contribution is -0.148. The van der Waals surface area contributed by atoms with Gasteiger partial charge in [0.05, 0.1) is 5.69 Å². The molecule has 1 heterocycles. The number of aromatic nitrogens is 2. The second kappa shape index (κ2) is 5.70. The molecule has 0 unspecified atom stereocenters. The molecule has 1 amide bonds. The van der Waals surface area contributed by atoms with Crippen molar-refractivity contribution in [1.29, 1.82) is 0 Å². The van der Waals surface area contributed by atoms with E-state index < -0.39 is 17.4 Å². The van der Waals surface area contributed by atoms with Gasteiger partial charge in [-0.3, -0.25) is 4.79 Å². The van der Waals surface area contributed by atoms with Gasteiger partial charge in [0.25, 0.3) is 5.91 Å². The normalized spacial score (nSPS) is 15.7. The molecule has 1 aliphatic rings. The Labute approximate surface area is 138 Å². The highest BCUT2D eigenvalue weighted by molar-refractivity contribution is 6.30. The summed E-state index contributed by atoms with van der Waals surface area (Å²) >= 11 is 5.98. The van der Waals surface area contributed by atoms with Gasteiger partial charge in [-0.05, 0) is 50.5 Å². The molecule has 2 aromatic rings. The molecule has 120 valence electrons. The third-order valence-electron chi connectivity index (χ3n) is 4.14. The molecule has 0 aliphatic heterocycles. The lowest BCUT2D eigenvalue weighted by Crippen LogP contribution is -2.59. The third kappa shape index (κ3) is 2.82. The highest BCUT2D eigenvalue weighted by atomic mass is 35.5. The number of halogens is 1. The Hall–Kier alpha value is -2.34. The fourth-order valence-electron chi connectivity index (χ4n) is 2.66. The Balaban J connectivity index is 1.86. The summed E-state index contributed by atoms with van der Waals surface area (Å²) in [4.78, 5) is 23.7. The van der Waals surface area contributed by atoms with E-state index in [-0.39, 0.29) is 5.69 Å². The van der Waals surface area contributed by atoms with Gasteiger partial charge >= 0.3 is 5.97 Å². The number of nitrogens with zero attached hydrogens (tertiary/aromatic N) is 2. The number of carbonyl (C=O) groups is 2. The minimum absolute atomic E-state index is 0.190. The molecule has 23 heavy (non-hydrogen) atoms. The first kappa shape index (κ1) is 15.6. The predicted molar refractivity (Wildman–Crippen MR) is 85.0 cm³/mol. The van der Waals surface area contributed by atoms with Crippen molar-refractivity contribution in [3.63, 3.8) is 0 Å². The Morgan fingerprint density at radius 2 is 2.09 bits per heavy atom. The molecule has 1 fully saturated rings. The zero-order valence-electron chi connectivity index (χ0n) is 12.5. The zero-order valence-corrected chi connectivity index (χ0v) is 13.3. The molecule has 1 saturated carbocycles. The Morgan fingerprint density at radius 1 is 1.35 bits per heavy atom. The molecular weight excluding hydrogens is 318 g/mol. The van der Waals surface area contributed by atoms with E-state index in [0.29, 0.717) is 17.9 Å². The van der Waals surface area contributed by atoms with Crippen molar-refractivity contribution in [2.45, 2.75) is 31.7 Å². The van der Waals surface area contributed by atoms with Crippen LogP contribution in [0.4, 0.5) is 0 Å². The standard InChI is InChI=1S/C16H16ClN3O3/c1-10-8-13(14(21)18-16(15(22)23)6-3-7-16)19-20(10)12-5-2-4-11(17)9-12/h2,4-5,8-9H,3,6-7H2,1H3,(H,18,21)(H,22,23). The molecule has 0 bridgehead atoms. The number of hydrogen-bond donors (Lipinski definition) is 2. The van der Waals surface area contributed by atoms with Crippen LogP contribution in [0.5, 0.6) is 0 Å². The summed E-state index contributed by atoms with van der Waals surface area (Å²) in [6.07, 6.45) is 1.69. The Morgan fingerprint density at radius 3 is 2.65 bits per heavy atom. The largest absolute Gasteiger partial charge is 0.480 e. The van der Waals surface area contributed by atoms with E-state index in [1.165, 1.54) is 0 Å². The fraction of sp³-hybridized carbons (Fsp3) is 0.312. The quantitative estimate of drug-likeness (QED) is 0.900. The van der Waals surface area contributed by atoms with Gasteiger partial charge in [0.2, 0.25) is 0 Å². The molecular formula is C16H16ClN3O3. The smallest absolute Gasteiger partial charge is 0.329 e. The van der Waals surface area contributed by atoms with E-state index in [2.05, 4.69) is 10.4 Å². The minimum Gasteiger partial charge on any atom is -0.480 e. The van der Waals surface area contributed by atoms with Crippen LogP contribution in [-0.2, 0) is 4.79 Å². The van der Waals surface area contributed by atoms with Crippen LogP contribution in [0.3, 0.4) is 0 Å². The summed E-state index contributed by atoms with van der Waals surface area (Å²) in [6.45, 7) is 1.82. The van der Waals surface area contributed by atoms with E-state index in [4.69, 9.17) is 11.6 Å². The van der Waals surface area contributed by atoms with E-state index >= 15 is 0 Å². The van der Waals surface area contributed by atoms with Crippen LogP contribution >= 0.6 is 11.6 Å². The van der Waals surface area contributed by atoms with Crippen molar-refractivity contribution in [2.24, 2.45) is 0 Å². The number of carboxylic acid groups (broad SMARTS) is 1. The van der Waals surface area contributed by atoms with E-state index in [1.54, 1.807) is 28.9 Å². The third-order valence-corrected chi connectivity index (χ3v) is 4.38. The number of carboxylic acids is 1. The monoisotopic (exact) mass is 333 g/mol. The second-order valence-electron chi connectivity index (χ2n) is 5.76. The molecule has 1 aliphatic carbocycles. The van der Waals surface area contributed by atoms with Crippen molar-refractivity contribution < 1.29 is 14.7 Å². The topological polar surface area (TPSA) is 84.2 Å². The lowest BCUT2D eigenvalue weighted by atomic mass is 9.76. The zero-order chi connectivity index (χ0) is 16.6. The van der Waals surface area contributed by atoms with Crippen molar-refractivity contribution in [2.75, 3.05) is 0 Å². The molecule has 0 radical (unpaired) electrons. The average molecular weight is 334 g/mol. The average Bonchev–Trinajstić information content (AvgIpc) is 2.84. The van der Waals surface area contributed by atoms with Crippen LogP contribution in [0, 0.1) is 6.92 Å². The van der Waals surface area contributed by atoms with E-state index in [9.17, 15) is 14.7 Å². The first-order valence-electron chi connectivity index (χ1n) is 7.30. The SMILES string of the molecule is Cc1cc(C(=O)NC2(C(=O)O)CCC2)nn1-c1cccc(Cl)c1. The molecule has 1 aromatic carbocycles. The highest BCUT2D eigenvalue weighted by Gasteiger charge is 2.46. The van der Waals surface area contributed by atoms with Gasteiger partial charge < -0.3 is 10.4 Å². The van der Waals surface area contributed by atoms with Crippen LogP contribution in [-0.4, -0.2) is 32.3 Å². The maximum absolute atomic E-state index is 12.3. The van der Waals surface area contributed by atoms with Gasteiger partial charge in [0.1, 0.15) is 5.54 Å². The Bertz CT molecular complexity index is 781. The van der Waals surface area contributed by atoms with Gasteiger partial charge in [0.15, 0.2) is 5.69 Å². The van der Waals surface area contributed by atoms with Gasteiger partial charge in [-0.2, -0.15) is 5.10 Å². The molecule has 7 heteroatoms. The molecule has 0 saturated heterocycles. The van der Waals surface area contributed by atoms with Crippen molar-refractivity contribution >= 4 is 23.5 Å². The maximum atomic E-state index is 12.3. The van der Waals surface area contributed by atoms with Crippen molar-refractivity contribution in [1.82, 2.24) is 15.1 Å². The summed E-state index contributed by atoms with van der Waals surface area (Å²) < 4.78 is 1.61. The summed E-state index contributed by atoms with van der Waals surface area (Å²) in [5.74, 6) is -1.47. The van der Waals surface area contributed by atoms with Crippen LogP contribution < -0.4 is 5.32 Å². The molecule has 1 aromatic heterocycles. The Kier molecular flexibility index (Phi) is 3.85. The van der Waals surface area contributed by atoms with E-state index in [0.717, 1.165) is 17.8 Å². The van der Waals surface area contributed by atoms with Gasteiger partial charge in [-0.15, -0.1) is 0 Å². The van der Waals surface area contributed by atoms with Crippen LogP contribution in [0.2, 0.25) is 5.02 Å². The summed E-state index contributed by atoms with van der Waals surface area (Å²) in [5.41, 5.74) is 0.543. The van der Waals surface area contributed by atoms with Crippen LogP contribution in [0.15, 0.2) is 30.3 Å². The highest BCUT2D eigenvalue weighted by Crippen LogP contribution is 2.32. The first-order chi connectivity index (χ1) is 10.9. The summed E-state index contributed by atoms with van der Waals surface area (Å²) in [7, 11) is 0. The molecule has 2 N–H and O–H groups in total. The van der Waals surface area contributed by atoms with Crippen molar-refractivity contribution in [3.8, 4) is 5.69 Å².